The topological polar surface area (TPSA) is 76.9 Å². The first-order valence-corrected chi connectivity index (χ1v) is 7.58. The van der Waals surface area contributed by atoms with Gasteiger partial charge in [-0.05, 0) is 11.6 Å². The molecule has 0 fully saturated rings. The third-order valence-electron chi connectivity index (χ3n) is 3.28. The van der Waals surface area contributed by atoms with Crippen molar-refractivity contribution in [2.75, 3.05) is 5.75 Å². The molecule has 3 rings (SSSR count). The minimum Gasteiger partial charge on any atom is -0.352 e. The Balaban J connectivity index is 1.64. The number of pyridine rings is 1. The van der Waals surface area contributed by atoms with Gasteiger partial charge in [0.15, 0.2) is 5.16 Å². The van der Waals surface area contributed by atoms with Crippen LogP contribution >= 0.6 is 11.8 Å². The summed E-state index contributed by atoms with van der Waals surface area (Å²) in [7, 11) is 0. The summed E-state index contributed by atoms with van der Waals surface area (Å²) in [4.78, 5) is 32.2. The van der Waals surface area contributed by atoms with Crippen LogP contribution in [0.2, 0.25) is 0 Å². The molecule has 1 N–H and O–H groups in total. The molecule has 0 spiro atoms. The van der Waals surface area contributed by atoms with Crippen LogP contribution in [-0.2, 0) is 17.9 Å². The molecule has 108 valence electrons. The highest BCUT2D eigenvalue weighted by atomic mass is 32.2. The highest BCUT2D eigenvalue weighted by Crippen LogP contribution is 2.24. The van der Waals surface area contributed by atoms with E-state index in [-0.39, 0.29) is 17.4 Å². The van der Waals surface area contributed by atoms with E-state index in [1.807, 2.05) is 12.1 Å². The van der Waals surface area contributed by atoms with Crippen molar-refractivity contribution in [1.82, 2.24) is 19.9 Å². The highest BCUT2D eigenvalue weighted by molar-refractivity contribution is 7.99. The summed E-state index contributed by atoms with van der Waals surface area (Å²) in [5, 5.41) is 3.57. The fourth-order valence-electron chi connectivity index (χ4n) is 2.15. The standard InChI is InChI=1S/C14H14N4O2S/c19-12-3-5-16-14-18(12)8-11(9-21-14)13(20)17-7-10-2-1-4-15-6-10/h1-6,11H,7-9H2,(H,17,20). The van der Waals surface area contributed by atoms with Crippen molar-refractivity contribution in [3.63, 3.8) is 0 Å². The van der Waals surface area contributed by atoms with Crippen LogP contribution in [0.4, 0.5) is 0 Å². The first-order valence-electron chi connectivity index (χ1n) is 6.59. The van der Waals surface area contributed by atoms with Crippen LogP contribution in [0.3, 0.4) is 0 Å². The Hall–Kier alpha value is -2.15. The van der Waals surface area contributed by atoms with E-state index in [1.165, 1.54) is 24.0 Å². The maximum absolute atomic E-state index is 12.2. The van der Waals surface area contributed by atoms with E-state index in [2.05, 4.69) is 15.3 Å². The van der Waals surface area contributed by atoms with E-state index in [0.717, 1.165) is 5.56 Å². The van der Waals surface area contributed by atoms with Crippen LogP contribution < -0.4 is 10.9 Å². The number of fused-ring (bicyclic) bond motifs is 1. The Morgan fingerprint density at radius 2 is 2.33 bits per heavy atom. The molecule has 6 nitrogen and oxygen atoms in total. The number of carbonyl (C=O) groups is 1. The van der Waals surface area contributed by atoms with Crippen LogP contribution in [0.25, 0.3) is 0 Å². The largest absolute Gasteiger partial charge is 0.352 e. The molecule has 0 saturated heterocycles. The number of amides is 1. The van der Waals surface area contributed by atoms with Gasteiger partial charge >= 0.3 is 0 Å². The number of hydrogen-bond acceptors (Lipinski definition) is 5. The van der Waals surface area contributed by atoms with Crippen LogP contribution in [-0.4, -0.2) is 26.2 Å². The molecule has 0 bridgehead atoms. The average molecular weight is 302 g/mol. The highest BCUT2D eigenvalue weighted by Gasteiger charge is 2.26. The molecule has 1 aliphatic heterocycles. The Kier molecular flexibility index (Phi) is 4.01. The normalized spacial score (nSPS) is 17.0. The predicted molar refractivity (Wildman–Crippen MR) is 78.8 cm³/mol. The van der Waals surface area contributed by atoms with Gasteiger partial charge in [0.1, 0.15) is 0 Å². The molecular weight excluding hydrogens is 288 g/mol. The first-order chi connectivity index (χ1) is 10.2. The van der Waals surface area contributed by atoms with Crippen molar-refractivity contribution in [3.8, 4) is 0 Å². The monoisotopic (exact) mass is 302 g/mol. The maximum atomic E-state index is 12.2. The molecule has 3 heterocycles. The van der Waals surface area contributed by atoms with E-state index < -0.39 is 0 Å². The predicted octanol–water partition coefficient (Wildman–Crippen LogP) is 0.677. The number of hydrogen-bond donors (Lipinski definition) is 1. The van der Waals surface area contributed by atoms with Crippen LogP contribution in [0, 0.1) is 5.92 Å². The molecule has 1 atom stereocenters. The van der Waals surface area contributed by atoms with Crippen LogP contribution in [0.15, 0.2) is 46.7 Å². The minimum absolute atomic E-state index is 0.0484. The summed E-state index contributed by atoms with van der Waals surface area (Å²) < 4.78 is 1.56. The van der Waals surface area contributed by atoms with Gasteiger partial charge in [0.25, 0.3) is 5.56 Å². The summed E-state index contributed by atoms with van der Waals surface area (Å²) in [6, 6.07) is 5.16. The Labute approximate surface area is 125 Å². The second-order valence-electron chi connectivity index (χ2n) is 4.76. The van der Waals surface area contributed by atoms with Crippen LogP contribution in [0.1, 0.15) is 5.56 Å². The summed E-state index contributed by atoms with van der Waals surface area (Å²) >= 11 is 1.44. The van der Waals surface area contributed by atoms with Gasteiger partial charge in [-0.1, -0.05) is 17.8 Å². The van der Waals surface area contributed by atoms with E-state index in [1.54, 1.807) is 17.0 Å². The molecule has 1 amide bonds. The number of carbonyl (C=O) groups excluding carboxylic acids is 1. The molecule has 2 aromatic rings. The number of nitrogens with zero attached hydrogens (tertiary/aromatic N) is 3. The lowest BCUT2D eigenvalue weighted by atomic mass is 10.1. The summed E-state index contributed by atoms with van der Waals surface area (Å²) in [6.07, 6.45) is 4.92. The molecule has 1 unspecified atom stereocenters. The van der Waals surface area contributed by atoms with Gasteiger partial charge in [-0.25, -0.2) is 4.98 Å². The van der Waals surface area contributed by atoms with Crippen molar-refractivity contribution in [2.24, 2.45) is 5.92 Å². The second kappa shape index (κ2) is 6.09. The molecular formula is C14H14N4O2S. The zero-order valence-corrected chi connectivity index (χ0v) is 12.0. The molecule has 0 aromatic carbocycles. The van der Waals surface area contributed by atoms with Gasteiger partial charge in [0, 0.05) is 43.5 Å². The maximum Gasteiger partial charge on any atom is 0.254 e. The SMILES string of the molecule is O=C(NCc1cccnc1)C1CSc2nccc(=O)n2C1. The average Bonchev–Trinajstić information content (AvgIpc) is 2.54. The molecule has 21 heavy (non-hydrogen) atoms. The van der Waals surface area contributed by atoms with Gasteiger partial charge in [-0.15, -0.1) is 0 Å². The smallest absolute Gasteiger partial charge is 0.254 e. The van der Waals surface area contributed by atoms with Gasteiger partial charge in [-0.2, -0.15) is 0 Å². The Morgan fingerprint density at radius 3 is 3.14 bits per heavy atom. The van der Waals surface area contributed by atoms with Gasteiger partial charge in [-0.3, -0.25) is 19.1 Å². The van der Waals surface area contributed by atoms with Crippen molar-refractivity contribution < 1.29 is 4.79 Å². The van der Waals surface area contributed by atoms with Crippen molar-refractivity contribution >= 4 is 17.7 Å². The lowest BCUT2D eigenvalue weighted by molar-refractivity contribution is -0.125. The molecule has 0 aliphatic carbocycles. The lowest BCUT2D eigenvalue weighted by Gasteiger charge is -2.23. The second-order valence-corrected chi connectivity index (χ2v) is 5.75. The van der Waals surface area contributed by atoms with Crippen molar-refractivity contribution in [3.05, 3.63) is 52.7 Å². The van der Waals surface area contributed by atoms with Gasteiger partial charge in [0.05, 0.1) is 5.92 Å². The zero-order valence-electron chi connectivity index (χ0n) is 11.2. The van der Waals surface area contributed by atoms with Gasteiger partial charge in [0.2, 0.25) is 5.91 Å². The molecule has 0 saturated carbocycles. The van der Waals surface area contributed by atoms with Crippen molar-refractivity contribution in [2.45, 2.75) is 18.2 Å². The van der Waals surface area contributed by atoms with E-state index in [9.17, 15) is 9.59 Å². The molecule has 1 aliphatic rings. The lowest BCUT2D eigenvalue weighted by Crippen LogP contribution is -2.39. The number of nitrogens with one attached hydrogen (secondary N) is 1. The first kappa shape index (κ1) is 13.8. The summed E-state index contributed by atoms with van der Waals surface area (Å²) in [5.74, 6) is 0.365. The van der Waals surface area contributed by atoms with E-state index >= 15 is 0 Å². The Morgan fingerprint density at radius 1 is 1.43 bits per heavy atom. The van der Waals surface area contributed by atoms with E-state index in [0.29, 0.717) is 24.0 Å². The van der Waals surface area contributed by atoms with Crippen LogP contribution in [0.5, 0.6) is 0 Å². The number of thioether (sulfide) groups is 1. The third kappa shape index (κ3) is 3.13. The third-order valence-corrected chi connectivity index (χ3v) is 4.43. The quantitative estimate of drug-likeness (QED) is 0.844. The molecule has 7 heteroatoms. The zero-order chi connectivity index (χ0) is 14.7. The summed E-state index contributed by atoms with van der Waals surface area (Å²) in [5.41, 5.74) is 0.839. The van der Waals surface area contributed by atoms with Gasteiger partial charge < -0.3 is 5.32 Å². The summed E-state index contributed by atoms with van der Waals surface area (Å²) in [6.45, 7) is 0.830. The fraction of sp³-hybridized carbons (Fsp3) is 0.286. The Bertz CT molecular complexity index is 702. The van der Waals surface area contributed by atoms with Crippen molar-refractivity contribution in [1.29, 1.82) is 0 Å². The fourth-order valence-corrected chi connectivity index (χ4v) is 3.21. The van der Waals surface area contributed by atoms with E-state index in [4.69, 9.17) is 0 Å². The number of rotatable bonds is 3. The molecule has 2 aromatic heterocycles. The minimum atomic E-state index is -0.221. The molecule has 0 radical (unpaired) electrons. The number of aromatic nitrogens is 3.